The number of rotatable bonds is 6. The van der Waals surface area contributed by atoms with Crippen molar-refractivity contribution in [3.8, 4) is 0 Å². The molecule has 0 aliphatic carbocycles. The fraction of sp³-hybridized carbons (Fsp3) is 0.222. The molecule has 0 radical (unpaired) electrons. The molecule has 10 nitrogen and oxygen atoms in total. The number of ether oxygens (including phenoxy) is 2. The third-order valence-electron chi connectivity index (χ3n) is 6.31. The first-order valence-electron chi connectivity index (χ1n) is 11.8. The summed E-state index contributed by atoms with van der Waals surface area (Å²) in [5, 5.41) is 4.44. The second-order valence-electron chi connectivity index (χ2n) is 8.55. The van der Waals surface area contributed by atoms with Crippen molar-refractivity contribution in [3.63, 3.8) is 0 Å². The standard InChI is InChI=1S/C27H23ClN4O6/c1-3-38-22(34)13-29-26(35)25-23-24-18(12-19(30-23)27(36)37-2)17-6-4-5-7-20(17)31(24)14-21(33)32(25)16-10-8-15(28)9-11-16/h4-12,25H,3,13-14H2,1-2H3,(H,29,35). The third-order valence-corrected chi connectivity index (χ3v) is 6.57. The molecule has 1 aliphatic heterocycles. The Kier molecular flexibility index (Phi) is 6.73. The predicted octanol–water partition coefficient (Wildman–Crippen LogP) is 3.40. The fourth-order valence-corrected chi connectivity index (χ4v) is 4.88. The molecule has 2 amide bonds. The quantitative estimate of drug-likeness (QED) is 0.376. The van der Waals surface area contributed by atoms with Gasteiger partial charge < -0.3 is 19.4 Å². The summed E-state index contributed by atoms with van der Waals surface area (Å²) in [7, 11) is 1.24. The normalized spacial score (nSPS) is 14.9. The zero-order valence-electron chi connectivity index (χ0n) is 20.6. The van der Waals surface area contributed by atoms with Crippen molar-refractivity contribution in [2.45, 2.75) is 19.5 Å². The van der Waals surface area contributed by atoms with Crippen LogP contribution in [0.4, 0.5) is 5.69 Å². The number of benzene rings is 2. The number of carbonyl (C=O) groups is 4. The molecule has 194 valence electrons. The van der Waals surface area contributed by atoms with Crippen molar-refractivity contribution in [2.75, 3.05) is 25.2 Å². The number of methoxy groups -OCH3 is 1. The Labute approximate surface area is 222 Å². The highest BCUT2D eigenvalue weighted by atomic mass is 35.5. The molecule has 5 rings (SSSR count). The van der Waals surface area contributed by atoms with Crippen molar-refractivity contribution >= 4 is 62.8 Å². The summed E-state index contributed by atoms with van der Waals surface area (Å²) in [6.07, 6.45) is 0. The van der Waals surface area contributed by atoms with Gasteiger partial charge in [-0.25, -0.2) is 9.78 Å². The van der Waals surface area contributed by atoms with Crippen LogP contribution in [0.5, 0.6) is 0 Å². The summed E-state index contributed by atoms with van der Waals surface area (Å²) in [6, 6.07) is 14.1. The van der Waals surface area contributed by atoms with E-state index in [0.717, 1.165) is 10.9 Å². The van der Waals surface area contributed by atoms with E-state index in [9.17, 15) is 19.2 Å². The first-order chi connectivity index (χ1) is 18.3. The van der Waals surface area contributed by atoms with Gasteiger partial charge in [0.2, 0.25) is 11.8 Å². The van der Waals surface area contributed by atoms with Crippen molar-refractivity contribution in [2.24, 2.45) is 0 Å². The Bertz CT molecular complexity index is 1600. The van der Waals surface area contributed by atoms with E-state index in [1.807, 2.05) is 24.3 Å². The molecule has 0 bridgehead atoms. The molecule has 2 aromatic carbocycles. The maximum absolute atomic E-state index is 13.9. The highest BCUT2D eigenvalue weighted by molar-refractivity contribution is 6.30. The summed E-state index contributed by atoms with van der Waals surface area (Å²) in [6.45, 7) is 1.30. The van der Waals surface area contributed by atoms with Gasteiger partial charge in [-0.3, -0.25) is 19.3 Å². The zero-order chi connectivity index (χ0) is 27.0. The van der Waals surface area contributed by atoms with E-state index in [1.54, 1.807) is 41.8 Å². The number of pyridine rings is 1. The Balaban J connectivity index is 1.78. The van der Waals surface area contributed by atoms with Crippen LogP contribution in [0.25, 0.3) is 21.8 Å². The Morgan fingerprint density at radius 1 is 1.11 bits per heavy atom. The molecule has 0 saturated carbocycles. The number of amides is 2. The second-order valence-corrected chi connectivity index (χ2v) is 8.99. The van der Waals surface area contributed by atoms with Crippen molar-refractivity contribution in [3.05, 3.63) is 71.0 Å². The minimum Gasteiger partial charge on any atom is -0.465 e. The number of anilines is 1. The molecule has 4 aromatic rings. The van der Waals surface area contributed by atoms with Crippen LogP contribution >= 0.6 is 11.6 Å². The van der Waals surface area contributed by atoms with Gasteiger partial charge in [0.15, 0.2) is 6.04 Å². The number of nitrogens with zero attached hydrogens (tertiary/aromatic N) is 3. The first kappa shape index (κ1) is 25.2. The molecule has 3 heterocycles. The minimum atomic E-state index is -1.32. The van der Waals surface area contributed by atoms with Crippen LogP contribution in [0.3, 0.4) is 0 Å². The van der Waals surface area contributed by atoms with Crippen LogP contribution in [-0.2, 0) is 30.4 Å². The smallest absolute Gasteiger partial charge is 0.356 e. The van der Waals surface area contributed by atoms with E-state index in [4.69, 9.17) is 21.1 Å². The largest absolute Gasteiger partial charge is 0.465 e. The van der Waals surface area contributed by atoms with E-state index in [2.05, 4.69) is 10.3 Å². The fourth-order valence-electron chi connectivity index (χ4n) is 4.75. The monoisotopic (exact) mass is 534 g/mol. The van der Waals surface area contributed by atoms with E-state index >= 15 is 0 Å². The number of hydrogen-bond acceptors (Lipinski definition) is 7. The average Bonchev–Trinajstić information content (AvgIpc) is 3.16. The van der Waals surface area contributed by atoms with Gasteiger partial charge in [-0.15, -0.1) is 0 Å². The van der Waals surface area contributed by atoms with Crippen LogP contribution in [0.15, 0.2) is 54.6 Å². The lowest BCUT2D eigenvalue weighted by Crippen LogP contribution is -2.45. The first-order valence-corrected chi connectivity index (χ1v) is 12.2. The summed E-state index contributed by atoms with van der Waals surface area (Å²) in [4.78, 5) is 58.2. The van der Waals surface area contributed by atoms with Gasteiger partial charge in [0.25, 0.3) is 0 Å². The Hall–Kier alpha value is -4.44. The van der Waals surface area contributed by atoms with Crippen LogP contribution in [0.2, 0.25) is 5.02 Å². The average molecular weight is 535 g/mol. The number of carbonyl (C=O) groups excluding carboxylic acids is 4. The van der Waals surface area contributed by atoms with Gasteiger partial charge in [-0.2, -0.15) is 0 Å². The molecule has 0 fully saturated rings. The lowest BCUT2D eigenvalue weighted by molar-refractivity contribution is -0.143. The van der Waals surface area contributed by atoms with E-state index in [0.29, 0.717) is 21.6 Å². The Morgan fingerprint density at radius 3 is 2.55 bits per heavy atom. The summed E-state index contributed by atoms with van der Waals surface area (Å²) in [5.74, 6) is -2.39. The molecule has 38 heavy (non-hydrogen) atoms. The van der Waals surface area contributed by atoms with E-state index in [1.165, 1.54) is 12.0 Å². The predicted molar refractivity (Wildman–Crippen MR) is 140 cm³/mol. The highest BCUT2D eigenvalue weighted by Crippen LogP contribution is 2.39. The summed E-state index contributed by atoms with van der Waals surface area (Å²) >= 11 is 6.09. The van der Waals surface area contributed by atoms with Crippen molar-refractivity contribution < 1.29 is 28.7 Å². The molecular weight excluding hydrogens is 512 g/mol. The summed E-state index contributed by atoms with van der Waals surface area (Å²) < 4.78 is 11.7. The topological polar surface area (TPSA) is 120 Å². The second kappa shape index (κ2) is 10.1. The molecular formula is C27H23ClN4O6. The minimum absolute atomic E-state index is 0.0218. The maximum atomic E-state index is 13.9. The van der Waals surface area contributed by atoms with Gasteiger partial charge in [0.05, 0.1) is 24.9 Å². The molecule has 1 N–H and O–H groups in total. The van der Waals surface area contributed by atoms with Crippen molar-refractivity contribution in [1.82, 2.24) is 14.9 Å². The van der Waals surface area contributed by atoms with Crippen LogP contribution in [0.1, 0.15) is 29.1 Å². The van der Waals surface area contributed by atoms with Gasteiger partial charge >= 0.3 is 11.9 Å². The molecule has 1 aliphatic rings. The third kappa shape index (κ3) is 4.32. The van der Waals surface area contributed by atoms with Gasteiger partial charge in [0.1, 0.15) is 18.8 Å². The number of halogens is 1. The van der Waals surface area contributed by atoms with Crippen LogP contribution in [-0.4, -0.2) is 53.6 Å². The van der Waals surface area contributed by atoms with Gasteiger partial charge in [-0.1, -0.05) is 29.8 Å². The molecule has 2 aromatic heterocycles. The maximum Gasteiger partial charge on any atom is 0.356 e. The number of esters is 2. The van der Waals surface area contributed by atoms with Gasteiger partial charge in [-0.05, 0) is 43.3 Å². The van der Waals surface area contributed by atoms with Crippen molar-refractivity contribution in [1.29, 1.82) is 0 Å². The number of nitrogens with one attached hydrogen (secondary N) is 1. The molecule has 0 saturated heterocycles. The van der Waals surface area contributed by atoms with E-state index in [-0.39, 0.29) is 24.5 Å². The zero-order valence-corrected chi connectivity index (χ0v) is 21.3. The number of hydrogen-bond donors (Lipinski definition) is 1. The SMILES string of the molecule is CCOC(=O)CNC(=O)C1c2nc(C(=O)OC)cc3c4ccccc4n(c23)CC(=O)N1c1ccc(Cl)cc1. The number of fused-ring (bicyclic) bond motifs is 3. The number of aromatic nitrogens is 2. The van der Waals surface area contributed by atoms with Gasteiger partial charge in [0, 0.05) is 27.0 Å². The van der Waals surface area contributed by atoms with E-state index < -0.39 is 36.3 Å². The lowest BCUT2D eigenvalue weighted by Gasteiger charge is -2.29. The number of para-hydroxylation sites is 1. The molecule has 1 atom stereocenters. The van der Waals surface area contributed by atoms with Crippen LogP contribution < -0.4 is 10.2 Å². The molecule has 1 unspecified atom stereocenters. The lowest BCUT2D eigenvalue weighted by atomic mass is 10.0. The van der Waals surface area contributed by atoms with Crippen LogP contribution in [0, 0.1) is 0 Å². The summed E-state index contributed by atoms with van der Waals surface area (Å²) in [5.41, 5.74) is 1.81. The molecule has 0 spiro atoms. The molecule has 11 heteroatoms. The highest BCUT2D eigenvalue weighted by Gasteiger charge is 2.40. The Morgan fingerprint density at radius 2 is 1.84 bits per heavy atom.